The van der Waals surface area contributed by atoms with Gasteiger partial charge in [-0.05, 0) is 86.7 Å². The zero-order chi connectivity index (χ0) is 21.7. The zero-order valence-corrected chi connectivity index (χ0v) is 25.3. The van der Waals surface area contributed by atoms with E-state index in [1.807, 2.05) is 7.05 Å². The van der Waals surface area contributed by atoms with Gasteiger partial charge < -0.3 is 24.0 Å². The predicted molar refractivity (Wildman–Crippen MR) is 111 cm³/mol. The molecule has 9 heteroatoms. The molecular formula is C21H38NNa2O5P. The van der Waals surface area contributed by atoms with Crippen LogP contribution >= 0.6 is 7.60 Å². The van der Waals surface area contributed by atoms with E-state index < -0.39 is 19.2 Å². The molecule has 2 unspecified atom stereocenters. The third-order valence-electron chi connectivity index (χ3n) is 4.85. The number of nitrogens with zero attached hydrogens (tertiary/aromatic N) is 1. The van der Waals surface area contributed by atoms with E-state index in [4.69, 9.17) is 4.74 Å². The molecule has 0 radical (unpaired) electrons. The van der Waals surface area contributed by atoms with Crippen LogP contribution in [0.1, 0.15) is 73.1 Å². The van der Waals surface area contributed by atoms with Gasteiger partial charge in [-0.25, -0.2) is 0 Å². The van der Waals surface area contributed by atoms with Gasteiger partial charge in [0.15, 0.2) is 0 Å². The van der Waals surface area contributed by atoms with Gasteiger partial charge in [-0.1, -0.05) is 30.9 Å². The monoisotopic (exact) mass is 461 g/mol. The summed E-state index contributed by atoms with van der Waals surface area (Å²) in [5, 5.41) is 0. The molecule has 0 saturated heterocycles. The van der Waals surface area contributed by atoms with Crippen LogP contribution in [-0.4, -0.2) is 42.8 Å². The molecule has 0 fully saturated rings. The molecule has 0 amide bonds. The molecule has 164 valence electrons. The number of esters is 1. The van der Waals surface area contributed by atoms with Gasteiger partial charge in [-0.3, -0.25) is 4.79 Å². The first kappa shape index (κ1) is 35.6. The number of rotatable bonds is 14. The van der Waals surface area contributed by atoms with Gasteiger partial charge in [0.25, 0.3) is 0 Å². The number of ether oxygens (including phenoxy) is 1. The Morgan fingerprint density at radius 2 is 1.70 bits per heavy atom. The quantitative estimate of drug-likeness (QED) is 0.122. The minimum Gasteiger partial charge on any atom is -0.810 e. The van der Waals surface area contributed by atoms with Crippen molar-refractivity contribution in [1.29, 1.82) is 0 Å². The molecule has 0 rings (SSSR count). The Labute approximate surface area is 228 Å². The fourth-order valence-corrected chi connectivity index (χ4v) is 3.71. The number of hydrogen-bond donors (Lipinski definition) is 0. The molecule has 0 aliphatic heterocycles. The fraction of sp³-hybridized carbons (Fsp3) is 0.762. The summed E-state index contributed by atoms with van der Waals surface area (Å²) in [6, 6.07) is 0.328. The van der Waals surface area contributed by atoms with E-state index in [9.17, 15) is 19.1 Å². The smallest absolute Gasteiger partial charge is 0.810 e. The van der Waals surface area contributed by atoms with Crippen LogP contribution in [0.15, 0.2) is 23.3 Å². The molecule has 0 saturated carbocycles. The molecule has 0 spiro atoms. The minimum atomic E-state index is -4.99. The largest absolute Gasteiger partial charge is 1.00 e. The minimum absolute atomic E-state index is 0. The van der Waals surface area contributed by atoms with Gasteiger partial charge in [-0.2, -0.15) is 0 Å². The summed E-state index contributed by atoms with van der Waals surface area (Å²) in [6.45, 7) is 10.8. The van der Waals surface area contributed by atoms with Gasteiger partial charge in [0.1, 0.15) is 0 Å². The maximum absolute atomic E-state index is 11.7. The first-order valence-corrected chi connectivity index (χ1v) is 11.8. The van der Waals surface area contributed by atoms with Gasteiger partial charge >= 0.3 is 65.1 Å². The summed E-state index contributed by atoms with van der Waals surface area (Å²) in [5.41, 5.74) is 1.16. The maximum Gasteiger partial charge on any atom is 1.00 e. The van der Waals surface area contributed by atoms with E-state index in [2.05, 4.69) is 44.7 Å². The molecule has 0 heterocycles. The third kappa shape index (κ3) is 17.6. The van der Waals surface area contributed by atoms with Crippen molar-refractivity contribution in [3.8, 4) is 0 Å². The van der Waals surface area contributed by atoms with Crippen LogP contribution in [0.3, 0.4) is 0 Å². The van der Waals surface area contributed by atoms with Crippen LogP contribution < -0.4 is 68.9 Å². The molecule has 0 aliphatic carbocycles. The second kappa shape index (κ2) is 19.5. The average molecular weight is 461 g/mol. The molecule has 0 aromatic rings. The molecule has 30 heavy (non-hydrogen) atoms. The normalized spacial score (nSPS) is 13.7. The first-order chi connectivity index (χ1) is 13.0. The summed E-state index contributed by atoms with van der Waals surface area (Å²) in [4.78, 5) is 36.5. The van der Waals surface area contributed by atoms with Gasteiger partial charge in [0.2, 0.25) is 0 Å². The molecular weight excluding hydrogens is 423 g/mol. The van der Waals surface area contributed by atoms with Crippen LogP contribution in [-0.2, 0) is 14.1 Å². The van der Waals surface area contributed by atoms with Crippen LogP contribution in [0, 0.1) is 0 Å². The number of carbonyl (C=O) groups excluding carboxylic acids is 1. The van der Waals surface area contributed by atoms with E-state index >= 15 is 0 Å². The Morgan fingerprint density at radius 1 is 1.10 bits per heavy atom. The van der Waals surface area contributed by atoms with E-state index in [0.29, 0.717) is 19.0 Å². The van der Waals surface area contributed by atoms with Crippen LogP contribution in [0.2, 0.25) is 0 Å². The van der Waals surface area contributed by atoms with E-state index in [-0.39, 0.29) is 72.1 Å². The number of allylic oxidation sites excluding steroid dienone is 4. The van der Waals surface area contributed by atoms with Gasteiger partial charge in [-0.15, -0.1) is 0 Å². The topological polar surface area (TPSA) is 92.7 Å². The fourth-order valence-electron chi connectivity index (χ4n) is 2.88. The standard InChI is InChI=1S/C21H40NO5P.2Na/c1-7-27-21(23)20(28(24,25)26)15-10-16-22(6)19(5)14-9-13-18(4)12-8-11-17(2)3;;/h11,13,19-20H,7-10,12,14-16H2,1-6H3,(H2,24,25,26);;/q;2*+1/p-2/b18-13+;;. The Balaban J connectivity index is -0.00000364. The van der Waals surface area contributed by atoms with Crippen molar-refractivity contribution < 1.29 is 83.0 Å². The van der Waals surface area contributed by atoms with Crippen molar-refractivity contribution in [3.63, 3.8) is 0 Å². The Bertz CT molecular complexity index is 574. The maximum atomic E-state index is 11.7. The van der Waals surface area contributed by atoms with Crippen molar-refractivity contribution in [2.75, 3.05) is 20.2 Å². The number of hydrogen-bond acceptors (Lipinski definition) is 6. The van der Waals surface area contributed by atoms with Crippen molar-refractivity contribution in [2.45, 2.75) is 84.8 Å². The van der Waals surface area contributed by atoms with Crippen LogP contribution in [0.5, 0.6) is 0 Å². The average Bonchev–Trinajstić information content (AvgIpc) is 2.56. The summed E-state index contributed by atoms with van der Waals surface area (Å²) in [5.74, 6) is -0.930. The predicted octanol–water partition coefficient (Wildman–Crippen LogP) is -2.59. The molecule has 6 nitrogen and oxygen atoms in total. The Morgan fingerprint density at radius 3 is 2.20 bits per heavy atom. The molecule has 0 aliphatic rings. The summed E-state index contributed by atoms with van der Waals surface area (Å²) in [7, 11) is -3.02. The van der Waals surface area contributed by atoms with Gasteiger partial charge in [0.05, 0.1) is 12.3 Å². The first-order valence-electron chi connectivity index (χ1n) is 10.2. The second-order valence-corrected chi connectivity index (χ2v) is 9.43. The third-order valence-corrected chi connectivity index (χ3v) is 6.08. The molecule has 2 atom stereocenters. The van der Waals surface area contributed by atoms with E-state index in [1.165, 1.54) is 11.1 Å². The number of carbonyl (C=O) groups is 1. The molecule has 0 aromatic heterocycles. The molecule has 0 bridgehead atoms. The summed E-state index contributed by atoms with van der Waals surface area (Å²) < 4.78 is 16.0. The SMILES string of the molecule is CCOC(=O)C(CCCN(C)C(C)CC/C=C(\C)CCC=C(C)C)P(=O)([O-])[O-].[Na+].[Na+]. The van der Waals surface area contributed by atoms with Crippen molar-refractivity contribution in [3.05, 3.63) is 23.3 Å². The van der Waals surface area contributed by atoms with Gasteiger partial charge in [0, 0.05) is 6.04 Å². The van der Waals surface area contributed by atoms with E-state index in [0.717, 1.165) is 25.7 Å². The zero-order valence-electron chi connectivity index (χ0n) is 20.4. The van der Waals surface area contributed by atoms with Crippen LogP contribution in [0.25, 0.3) is 0 Å². The molecule has 0 aromatic carbocycles. The van der Waals surface area contributed by atoms with Crippen LogP contribution in [0.4, 0.5) is 0 Å². The second-order valence-electron chi connectivity index (χ2n) is 7.73. The Kier molecular flexibility index (Phi) is 23.2. The molecule has 0 N–H and O–H groups in total. The van der Waals surface area contributed by atoms with E-state index in [1.54, 1.807) is 6.92 Å². The Hall–Kier alpha value is 1.06. The summed E-state index contributed by atoms with van der Waals surface area (Å²) in [6.07, 6.45) is 9.14. The van der Waals surface area contributed by atoms with Crippen molar-refractivity contribution >= 4 is 13.6 Å². The van der Waals surface area contributed by atoms with Crippen molar-refractivity contribution in [1.82, 2.24) is 4.90 Å². The summed E-state index contributed by atoms with van der Waals surface area (Å²) >= 11 is 0. The van der Waals surface area contributed by atoms with Crippen molar-refractivity contribution in [2.24, 2.45) is 0 Å².